The van der Waals surface area contributed by atoms with Crippen molar-refractivity contribution in [3.8, 4) is 0 Å². The Morgan fingerprint density at radius 2 is 2.30 bits per heavy atom. The zero-order valence-electron chi connectivity index (χ0n) is 5.51. The first-order chi connectivity index (χ1) is 4.68. The molecular weight excluding hydrogens is 142 g/mol. The molecule has 0 atom stereocenters. The summed E-state index contributed by atoms with van der Waals surface area (Å²) in [4.78, 5) is 10.1. The van der Waals surface area contributed by atoms with Crippen LogP contribution in [0.2, 0.25) is 0 Å². The Labute approximate surface area is 57.5 Å². The molecule has 10 heavy (non-hydrogen) atoms. The van der Waals surface area contributed by atoms with Crippen molar-refractivity contribution in [2.24, 2.45) is 0 Å². The third-order valence-corrected chi connectivity index (χ3v) is 0.710. The van der Waals surface area contributed by atoms with Crippen LogP contribution in [0.4, 0.5) is 8.78 Å². The summed E-state index contributed by atoms with van der Waals surface area (Å²) in [7, 11) is 0. The molecular formula is C6H8F2O2. The van der Waals surface area contributed by atoms with Gasteiger partial charge >= 0.3 is 0 Å². The average molecular weight is 150 g/mol. The lowest BCUT2D eigenvalue weighted by atomic mass is 10.4. The van der Waals surface area contributed by atoms with Crippen molar-refractivity contribution < 1.29 is 18.3 Å². The lowest BCUT2D eigenvalue weighted by Crippen LogP contribution is -2.05. The number of hydrogen-bond donors (Lipinski definition) is 0. The van der Waals surface area contributed by atoms with Gasteiger partial charge in [0.15, 0.2) is 0 Å². The first kappa shape index (κ1) is 9.07. The highest BCUT2D eigenvalue weighted by molar-refractivity contribution is 5.91. The Morgan fingerprint density at radius 3 is 2.70 bits per heavy atom. The van der Waals surface area contributed by atoms with Crippen LogP contribution in [-0.2, 0) is 9.53 Å². The van der Waals surface area contributed by atoms with Gasteiger partial charge in [-0.05, 0) is 6.92 Å². The second-order valence-corrected chi connectivity index (χ2v) is 1.46. The van der Waals surface area contributed by atoms with Gasteiger partial charge in [0.1, 0.15) is 0 Å². The number of ketones is 1. The van der Waals surface area contributed by atoms with Gasteiger partial charge in [0, 0.05) is 6.08 Å². The van der Waals surface area contributed by atoms with E-state index < -0.39 is 12.2 Å². The van der Waals surface area contributed by atoms with Gasteiger partial charge in [0.05, 0.1) is 12.9 Å². The Bertz CT molecular complexity index is 132. The molecule has 0 aliphatic carbocycles. The molecule has 2 nitrogen and oxygen atoms in total. The lowest BCUT2D eigenvalue weighted by Gasteiger charge is -1.91. The van der Waals surface area contributed by atoms with E-state index >= 15 is 0 Å². The van der Waals surface area contributed by atoms with Gasteiger partial charge in [-0.1, -0.05) is 0 Å². The molecule has 0 aromatic carbocycles. The summed E-state index contributed by atoms with van der Waals surface area (Å²) in [6.07, 6.45) is -1.25. The number of ether oxygens (including phenoxy) is 1. The quantitative estimate of drug-likeness (QED) is 0.447. The molecule has 0 spiro atoms. The van der Waals surface area contributed by atoms with Crippen LogP contribution in [-0.4, -0.2) is 18.8 Å². The average Bonchev–Trinajstić information content (AvgIpc) is 1.88. The molecule has 58 valence electrons. The smallest absolute Gasteiger partial charge is 0.300 e. The predicted molar refractivity (Wildman–Crippen MR) is 31.8 cm³/mol. The van der Waals surface area contributed by atoms with Crippen LogP contribution in [0.5, 0.6) is 0 Å². The number of rotatable bonds is 4. The van der Waals surface area contributed by atoms with Crippen molar-refractivity contribution in [2.45, 2.75) is 13.3 Å². The second-order valence-electron chi connectivity index (χ2n) is 1.46. The summed E-state index contributed by atoms with van der Waals surface area (Å²) in [5.41, 5.74) is 0. The Balaban J connectivity index is 3.56. The van der Waals surface area contributed by atoms with Crippen LogP contribution in [0.3, 0.4) is 0 Å². The van der Waals surface area contributed by atoms with Gasteiger partial charge in [-0.2, -0.15) is 0 Å². The second kappa shape index (κ2) is 4.90. The number of hydrogen-bond acceptors (Lipinski definition) is 2. The highest BCUT2D eigenvalue weighted by atomic mass is 19.3. The summed E-state index contributed by atoms with van der Waals surface area (Å²) < 4.78 is 27.3. The van der Waals surface area contributed by atoms with E-state index in [-0.39, 0.29) is 0 Å². The summed E-state index contributed by atoms with van der Waals surface area (Å²) in [6.45, 7) is 2.06. The van der Waals surface area contributed by atoms with Gasteiger partial charge in [-0.3, -0.25) is 4.79 Å². The molecule has 0 aromatic heterocycles. The minimum atomic E-state index is -2.93. The molecule has 0 saturated carbocycles. The van der Waals surface area contributed by atoms with Crippen molar-refractivity contribution in [2.75, 3.05) is 6.61 Å². The zero-order chi connectivity index (χ0) is 7.98. The van der Waals surface area contributed by atoms with Gasteiger partial charge in [-0.25, -0.2) is 8.78 Å². The Kier molecular flexibility index (Phi) is 4.45. The molecule has 0 fully saturated rings. The highest BCUT2D eigenvalue weighted by Crippen LogP contribution is 1.94. The molecule has 0 aromatic rings. The molecule has 0 bridgehead atoms. The van der Waals surface area contributed by atoms with E-state index in [1.54, 1.807) is 6.92 Å². The highest BCUT2D eigenvalue weighted by Gasteiger charge is 2.10. The molecule has 0 aliphatic rings. The van der Waals surface area contributed by atoms with E-state index in [0.717, 1.165) is 6.26 Å². The molecule has 0 aliphatic heterocycles. The van der Waals surface area contributed by atoms with Crippen LogP contribution < -0.4 is 0 Å². The molecule has 0 unspecified atom stereocenters. The van der Waals surface area contributed by atoms with E-state index in [1.807, 2.05) is 0 Å². The fraction of sp³-hybridized carbons (Fsp3) is 0.500. The number of carbonyl (C=O) groups excluding carboxylic acids is 1. The Hall–Kier alpha value is -0.930. The maximum Gasteiger partial charge on any atom is 0.300 e. The van der Waals surface area contributed by atoms with E-state index in [4.69, 9.17) is 0 Å². The fourth-order valence-corrected chi connectivity index (χ4v) is 0.284. The molecule has 0 radical (unpaired) electrons. The maximum atomic E-state index is 11.4. The van der Waals surface area contributed by atoms with Crippen LogP contribution in [0, 0.1) is 0 Å². The first-order valence-electron chi connectivity index (χ1n) is 2.78. The van der Waals surface area contributed by atoms with E-state index in [1.165, 1.54) is 0 Å². The monoisotopic (exact) mass is 150 g/mol. The van der Waals surface area contributed by atoms with Crippen molar-refractivity contribution in [1.82, 2.24) is 0 Å². The summed E-state index contributed by atoms with van der Waals surface area (Å²) in [6, 6.07) is 0. The molecule has 0 rings (SSSR count). The van der Waals surface area contributed by atoms with Crippen LogP contribution in [0.1, 0.15) is 6.92 Å². The van der Waals surface area contributed by atoms with Crippen molar-refractivity contribution in [3.05, 3.63) is 12.3 Å². The summed E-state index contributed by atoms with van der Waals surface area (Å²) in [5.74, 6) is -1.23. The maximum absolute atomic E-state index is 11.4. The fourth-order valence-electron chi connectivity index (χ4n) is 0.284. The SMILES string of the molecule is CCO/C=C/C(=O)C(F)F. The van der Waals surface area contributed by atoms with Gasteiger partial charge < -0.3 is 4.74 Å². The summed E-state index contributed by atoms with van der Waals surface area (Å²) >= 11 is 0. The largest absolute Gasteiger partial charge is 0.501 e. The molecule has 0 amide bonds. The minimum Gasteiger partial charge on any atom is -0.501 e. The number of halogens is 2. The minimum absolute atomic E-state index is 0.368. The van der Waals surface area contributed by atoms with Crippen molar-refractivity contribution in [1.29, 1.82) is 0 Å². The van der Waals surface area contributed by atoms with Crippen LogP contribution >= 0.6 is 0 Å². The molecule has 4 heteroatoms. The van der Waals surface area contributed by atoms with E-state index in [0.29, 0.717) is 12.7 Å². The standard InChI is InChI=1S/C6H8F2O2/c1-2-10-4-3-5(9)6(7)8/h3-4,6H,2H2,1H3/b4-3+. The number of alkyl halides is 2. The van der Waals surface area contributed by atoms with Crippen LogP contribution in [0.15, 0.2) is 12.3 Å². The van der Waals surface area contributed by atoms with Crippen molar-refractivity contribution >= 4 is 5.78 Å². The third kappa shape index (κ3) is 4.00. The van der Waals surface area contributed by atoms with E-state index in [9.17, 15) is 13.6 Å². The normalized spacial score (nSPS) is 10.8. The summed E-state index contributed by atoms with van der Waals surface area (Å²) in [5, 5.41) is 0. The van der Waals surface area contributed by atoms with Gasteiger partial charge in [-0.15, -0.1) is 0 Å². The van der Waals surface area contributed by atoms with Crippen LogP contribution in [0.25, 0.3) is 0 Å². The van der Waals surface area contributed by atoms with Gasteiger partial charge in [0.2, 0.25) is 5.78 Å². The predicted octanol–water partition coefficient (Wildman–Crippen LogP) is 1.37. The topological polar surface area (TPSA) is 26.3 Å². The zero-order valence-corrected chi connectivity index (χ0v) is 5.51. The molecule has 0 N–H and O–H groups in total. The molecule has 0 heterocycles. The van der Waals surface area contributed by atoms with Gasteiger partial charge in [0.25, 0.3) is 6.43 Å². The van der Waals surface area contributed by atoms with E-state index in [2.05, 4.69) is 4.74 Å². The Morgan fingerprint density at radius 1 is 1.70 bits per heavy atom. The number of allylic oxidation sites excluding steroid dienone is 1. The van der Waals surface area contributed by atoms with Crippen molar-refractivity contribution in [3.63, 3.8) is 0 Å². The third-order valence-electron chi connectivity index (χ3n) is 0.710. The molecule has 0 saturated heterocycles. The number of carbonyl (C=O) groups is 1. The lowest BCUT2D eigenvalue weighted by molar-refractivity contribution is -0.124. The first-order valence-corrected chi connectivity index (χ1v) is 2.78.